The van der Waals surface area contributed by atoms with Gasteiger partial charge in [0.1, 0.15) is 0 Å². The molecule has 1 aliphatic rings. The summed E-state index contributed by atoms with van der Waals surface area (Å²) in [7, 11) is 0. The third kappa shape index (κ3) is 2.63. The van der Waals surface area contributed by atoms with E-state index in [0.29, 0.717) is 5.92 Å². The average Bonchev–Trinajstić information content (AvgIpc) is 2.28. The zero-order chi connectivity index (χ0) is 12.5. The van der Waals surface area contributed by atoms with E-state index in [-0.39, 0.29) is 12.0 Å². The van der Waals surface area contributed by atoms with E-state index in [0.717, 1.165) is 19.5 Å². The van der Waals surface area contributed by atoms with Crippen LogP contribution >= 0.6 is 0 Å². The molecule has 1 heterocycles. The van der Waals surface area contributed by atoms with Gasteiger partial charge >= 0.3 is 0 Å². The van der Waals surface area contributed by atoms with E-state index in [4.69, 9.17) is 0 Å². The van der Waals surface area contributed by atoms with E-state index in [1.807, 2.05) is 0 Å². The van der Waals surface area contributed by atoms with Crippen molar-refractivity contribution in [3.05, 3.63) is 29.8 Å². The van der Waals surface area contributed by atoms with Crippen molar-refractivity contribution in [2.75, 3.05) is 24.6 Å². The predicted octanol–water partition coefficient (Wildman–Crippen LogP) is 2.84. The van der Waals surface area contributed by atoms with Crippen molar-refractivity contribution >= 4 is 5.69 Å². The van der Waals surface area contributed by atoms with Crippen LogP contribution in [0.3, 0.4) is 0 Å². The van der Waals surface area contributed by atoms with Gasteiger partial charge in [0, 0.05) is 31.3 Å². The lowest BCUT2D eigenvalue weighted by Gasteiger charge is -2.44. The minimum atomic E-state index is 0.259. The molecule has 0 radical (unpaired) electrons. The summed E-state index contributed by atoms with van der Waals surface area (Å²) < 4.78 is 0. The van der Waals surface area contributed by atoms with Crippen LogP contribution in [0.25, 0.3) is 0 Å². The molecular weight excluding hydrogens is 210 g/mol. The second kappa shape index (κ2) is 4.69. The fourth-order valence-electron chi connectivity index (χ4n) is 2.60. The number of piperidine rings is 1. The first-order valence-electron chi connectivity index (χ1n) is 6.45. The van der Waals surface area contributed by atoms with Crippen LogP contribution in [0.15, 0.2) is 24.3 Å². The molecule has 1 aliphatic heterocycles. The molecule has 0 amide bonds. The Balaban J connectivity index is 2.15. The van der Waals surface area contributed by atoms with Crippen molar-refractivity contribution in [2.45, 2.75) is 27.2 Å². The maximum atomic E-state index is 9.52. The summed E-state index contributed by atoms with van der Waals surface area (Å²) in [6.45, 7) is 9.00. The summed E-state index contributed by atoms with van der Waals surface area (Å²) in [6, 6.07) is 8.63. The SMILES string of the molecule is Cc1cccc(N2CCC(C)(C)C(CO)C2)c1. The minimum Gasteiger partial charge on any atom is -0.396 e. The van der Waals surface area contributed by atoms with E-state index in [1.165, 1.54) is 11.3 Å². The van der Waals surface area contributed by atoms with Crippen LogP contribution in [0.1, 0.15) is 25.8 Å². The number of benzene rings is 1. The van der Waals surface area contributed by atoms with Gasteiger partial charge in [-0.05, 0) is 36.5 Å². The van der Waals surface area contributed by atoms with Gasteiger partial charge in [0.2, 0.25) is 0 Å². The summed E-state index contributed by atoms with van der Waals surface area (Å²) in [5.74, 6) is 0.372. The van der Waals surface area contributed by atoms with E-state index in [2.05, 4.69) is 49.9 Å². The third-order valence-electron chi connectivity index (χ3n) is 4.16. The smallest absolute Gasteiger partial charge is 0.0481 e. The molecule has 1 unspecified atom stereocenters. The normalized spacial score (nSPS) is 23.8. The Labute approximate surface area is 104 Å². The summed E-state index contributed by atoms with van der Waals surface area (Å²) in [5, 5.41) is 9.52. The van der Waals surface area contributed by atoms with E-state index >= 15 is 0 Å². The van der Waals surface area contributed by atoms with Gasteiger partial charge in [0.25, 0.3) is 0 Å². The molecule has 1 fully saturated rings. The first-order chi connectivity index (χ1) is 8.03. The molecule has 1 aromatic carbocycles. The minimum absolute atomic E-state index is 0.259. The molecule has 94 valence electrons. The van der Waals surface area contributed by atoms with Crippen molar-refractivity contribution in [3.63, 3.8) is 0 Å². The molecule has 0 aliphatic carbocycles. The van der Waals surface area contributed by atoms with Crippen LogP contribution in [0.5, 0.6) is 0 Å². The van der Waals surface area contributed by atoms with Crippen LogP contribution in [-0.4, -0.2) is 24.8 Å². The van der Waals surface area contributed by atoms with Crippen LogP contribution in [0, 0.1) is 18.3 Å². The predicted molar refractivity (Wildman–Crippen MR) is 72.4 cm³/mol. The maximum absolute atomic E-state index is 9.52. The van der Waals surface area contributed by atoms with Gasteiger partial charge in [-0.1, -0.05) is 26.0 Å². The highest BCUT2D eigenvalue weighted by Gasteiger charge is 2.34. The lowest BCUT2D eigenvalue weighted by atomic mass is 9.73. The molecular formula is C15H23NO. The van der Waals surface area contributed by atoms with Gasteiger partial charge in [0.15, 0.2) is 0 Å². The molecule has 1 saturated heterocycles. The number of anilines is 1. The van der Waals surface area contributed by atoms with Gasteiger partial charge < -0.3 is 10.0 Å². The fourth-order valence-corrected chi connectivity index (χ4v) is 2.60. The first-order valence-corrected chi connectivity index (χ1v) is 6.45. The Morgan fingerprint density at radius 1 is 1.41 bits per heavy atom. The van der Waals surface area contributed by atoms with Crippen molar-refractivity contribution in [2.24, 2.45) is 11.3 Å². The van der Waals surface area contributed by atoms with Crippen molar-refractivity contribution in [1.29, 1.82) is 0 Å². The highest BCUT2D eigenvalue weighted by molar-refractivity contribution is 5.49. The van der Waals surface area contributed by atoms with Gasteiger partial charge in [-0.15, -0.1) is 0 Å². The van der Waals surface area contributed by atoms with Gasteiger partial charge in [-0.3, -0.25) is 0 Å². The summed E-state index contributed by atoms with van der Waals surface area (Å²) >= 11 is 0. The summed E-state index contributed by atoms with van der Waals surface area (Å²) in [4.78, 5) is 2.40. The Hall–Kier alpha value is -1.02. The highest BCUT2D eigenvalue weighted by Crippen LogP contribution is 2.36. The lowest BCUT2D eigenvalue weighted by molar-refractivity contribution is 0.0967. The average molecular weight is 233 g/mol. The summed E-state index contributed by atoms with van der Waals surface area (Å²) in [6.07, 6.45) is 1.15. The molecule has 0 saturated carbocycles. The van der Waals surface area contributed by atoms with Crippen LogP contribution < -0.4 is 4.90 Å². The third-order valence-corrected chi connectivity index (χ3v) is 4.16. The Morgan fingerprint density at radius 3 is 2.82 bits per heavy atom. The lowest BCUT2D eigenvalue weighted by Crippen LogP contribution is -2.46. The largest absolute Gasteiger partial charge is 0.396 e. The number of nitrogens with zero attached hydrogens (tertiary/aromatic N) is 1. The van der Waals surface area contributed by atoms with E-state index in [1.54, 1.807) is 0 Å². The topological polar surface area (TPSA) is 23.5 Å². The monoisotopic (exact) mass is 233 g/mol. The molecule has 17 heavy (non-hydrogen) atoms. The molecule has 0 spiro atoms. The van der Waals surface area contributed by atoms with Crippen LogP contribution in [0.4, 0.5) is 5.69 Å². The maximum Gasteiger partial charge on any atom is 0.0481 e. The number of aliphatic hydroxyl groups excluding tert-OH is 1. The van der Waals surface area contributed by atoms with Gasteiger partial charge in [-0.2, -0.15) is 0 Å². The number of hydrogen-bond acceptors (Lipinski definition) is 2. The number of rotatable bonds is 2. The fraction of sp³-hybridized carbons (Fsp3) is 0.600. The molecule has 2 rings (SSSR count). The molecule has 2 heteroatoms. The van der Waals surface area contributed by atoms with Crippen molar-refractivity contribution in [3.8, 4) is 0 Å². The molecule has 2 nitrogen and oxygen atoms in total. The Kier molecular flexibility index (Phi) is 3.43. The quantitative estimate of drug-likeness (QED) is 0.849. The zero-order valence-electron chi connectivity index (χ0n) is 11.1. The van der Waals surface area contributed by atoms with Gasteiger partial charge in [-0.25, -0.2) is 0 Å². The Morgan fingerprint density at radius 2 is 2.18 bits per heavy atom. The van der Waals surface area contributed by atoms with E-state index < -0.39 is 0 Å². The zero-order valence-corrected chi connectivity index (χ0v) is 11.1. The number of aryl methyl sites for hydroxylation is 1. The molecule has 1 N–H and O–H groups in total. The highest BCUT2D eigenvalue weighted by atomic mass is 16.3. The first kappa shape index (κ1) is 12.4. The molecule has 0 bridgehead atoms. The van der Waals surface area contributed by atoms with Crippen molar-refractivity contribution < 1.29 is 5.11 Å². The van der Waals surface area contributed by atoms with Crippen molar-refractivity contribution in [1.82, 2.24) is 0 Å². The second-order valence-corrected chi connectivity index (χ2v) is 5.90. The Bertz CT molecular complexity index is 386. The molecule has 1 atom stereocenters. The standard InChI is InChI=1S/C15H23NO/c1-12-5-4-6-14(9-12)16-8-7-15(2,3)13(10-16)11-17/h4-6,9,13,17H,7-8,10-11H2,1-3H3. The molecule has 0 aromatic heterocycles. The number of aliphatic hydroxyl groups is 1. The van der Waals surface area contributed by atoms with Crippen LogP contribution in [-0.2, 0) is 0 Å². The second-order valence-electron chi connectivity index (χ2n) is 5.90. The molecule has 1 aromatic rings. The summed E-state index contributed by atoms with van der Waals surface area (Å²) in [5.41, 5.74) is 2.85. The van der Waals surface area contributed by atoms with Crippen LogP contribution in [0.2, 0.25) is 0 Å². The number of hydrogen-bond donors (Lipinski definition) is 1. The van der Waals surface area contributed by atoms with Gasteiger partial charge in [0.05, 0.1) is 0 Å². The van der Waals surface area contributed by atoms with E-state index in [9.17, 15) is 5.11 Å².